The number of hydrogen-bond acceptors (Lipinski definition) is 4. The van der Waals surface area contributed by atoms with Crippen molar-refractivity contribution in [3.8, 4) is 17.1 Å². The molecule has 0 N–H and O–H groups in total. The molecule has 0 aliphatic carbocycles. The number of hydrogen-bond donors (Lipinski definition) is 0. The number of thioether (sulfide) groups is 1. The first kappa shape index (κ1) is 18.4. The number of benzene rings is 2. The standard InChI is InChI=1S/C23H22N4S/c1-3-18-7-9-21(10-8-18)27-22(20-11-13-24-14-12-20)25-26-23(27)28-16-19-6-4-5-17(2)15-19/h4-15H,3,16H2,1-2H3. The lowest BCUT2D eigenvalue weighted by molar-refractivity contribution is 0.885. The van der Waals surface area contributed by atoms with E-state index in [9.17, 15) is 0 Å². The SMILES string of the molecule is CCc1ccc(-n2c(SCc3cccc(C)c3)nnc2-c2ccncc2)cc1. The van der Waals surface area contributed by atoms with Crippen molar-refractivity contribution in [3.05, 3.63) is 89.7 Å². The third-order valence-corrected chi connectivity index (χ3v) is 5.63. The quantitative estimate of drug-likeness (QED) is 0.411. The summed E-state index contributed by atoms with van der Waals surface area (Å²) in [7, 11) is 0. The monoisotopic (exact) mass is 386 g/mol. The summed E-state index contributed by atoms with van der Waals surface area (Å²) in [4.78, 5) is 4.12. The van der Waals surface area contributed by atoms with Gasteiger partial charge in [0.05, 0.1) is 0 Å². The maximum Gasteiger partial charge on any atom is 0.196 e. The van der Waals surface area contributed by atoms with Crippen LogP contribution in [0.2, 0.25) is 0 Å². The average molecular weight is 387 g/mol. The third kappa shape index (κ3) is 3.99. The van der Waals surface area contributed by atoms with Gasteiger partial charge in [0.2, 0.25) is 0 Å². The van der Waals surface area contributed by atoms with E-state index in [2.05, 4.69) is 82.1 Å². The molecule has 4 nitrogen and oxygen atoms in total. The van der Waals surface area contributed by atoms with Gasteiger partial charge in [-0.15, -0.1) is 10.2 Å². The number of nitrogens with zero attached hydrogens (tertiary/aromatic N) is 4. The van der Waals surface area contributed by atoms with Crippen molar-refractivity contribution in [2.24, 2.45) is 0 Å². The predicted octanol–water partition coefficient (Wildman–Crippen LogP) is 5.49. The molecule has 0 saturated carbocycles. The fraction of sp³-hybridized carbons (Fsp3) is 0.174. The zero-order chi connectivity index (χ0) is 19.3. The van der Waals surface area contributed by atoms with Crippen LogP contribution >= 0.6 is 11.8 Å². The highest BCUT2D eigenvalue weighted by Gasteiger charge is 2.16. The molecule has 0 aliphatic heterocycles. The van der Waals surface area contributed by atoms with Crippen molar-refractivity contribution in [1.29, 1.82) is 0 Å². The molecule has 0 bridgehead atoms. The summed E-state index contributed by atoms with van der Waals surface area (Å²) < 4.78 is 2.13. The summed E-state index contributed by atoms with van der Waals surface area (Å²) in [5.41, 5.74) is 5.94. The van der Waals surface area contributed by atoms with Crippen LogP contribution < -0.4 is 0 Å². The van der Waals surface area contributed by atoms with E-state index in [0.717, 1.165) is 34.4 Å². The maximum absolute atomic E-state index is 4.50. The Balaban J connectivity index is 1.72. The van der Waals surface area contributed by atoms with Gasteiger partial charge in [-0.1, -0.05) is 60.6 Å². The molecule has 0 unspecified atom stereocenters. The van der Waals surface area contributed by atoms with Crippen molar-refractivity contribution in [2.45, 2.75) is 31.2 Å². The topological polar surface area (TPSA) is 43.6 Å². The summed E-state index contributed by atoms with van der Waals surface area (Å²) in [5.74, 6) is 1.68. The van der Waals surface area contributed by atoms with Gasteiger partial charge in [0.15, 0.2) is 11.0 Å². The lowest BCUT2D eigenvalue weighted by Crippen LogP contribution is -2.00. The van der Waals surface area contributed by atoms with Crippen molar-refractivity contribution < 1.29 is 0 Å². The van der Waals surface area contributed by atoms with E-state index in [0.29, 0.717) is 0 Å². The van der Waals surface area contributed by atoms with Gasteiger partial charge in [-0.3, -0.25) is 9.55 Å². The van der Waals surface area contributed by atoms with Crippen LogP contribution in [0.1, 0.15) is 23.6 Å². The second kappa shape index (κ2) is 8.40. The Morgan fingerprint density at radius 3 is 2.39 bits per heavy atom. The van der Waals surface area contributed by atoms with E-state index in [1.807, 2.05) is 12.1 Å². The van der Waals surface area contributed by atoms with Crippen LogP contribution in [0.5, 0.6) is 0 Å². The Bertz CT molecular complexity index is 1060. The fourth-order valence-corrected chi connectivity index (χ4v) is 4.01. The fourth-order valence-electron chi connectivity index (χ4n) is 3.11. The van der Waals surface area contributed by atoms with Gasteiger partial charge in [0.1, 0.15) is 0 Å². The van der Waals surface area contributed by atoms with E-state index in [1.165, 1.54) is 16.7 Å². The summed E-state index contributed by atoms with van der Waals surface area (Å²) >= 11 is 1.70. The molecule has 0 aliphatic rings. The molecule has 2 heterocycles. The zero-order valence-electron chi connectivity index (χ0n) is 16.0. The van der Waals surface area contributed by atoms with Crippen LogP contribution in [0, 0.1) is 6.92 Å². The van der Waals surface area contributed by atoms with Crippen LogP contribution in [0.25, 0.3) is 17.1 Å². The lowest BCUT2D eigenvalue weighted by Gasteiger charge is -2.11. The van der Waals surface area contributed by atoms with Crippen molar-refractivity contribution in [2.75, 3.05) is 0 Å². The highest BCUT2D eigenvalue weighted by molar-refractivity contribution is 7.98. The first-order valence-corrected chi connectivity index (χ1v) is 10.4. The van der Waals surface area contributed by atoms with Crippen LogP contribution in [0.15, 0.2) is 78.2 Å². The smallest absolute Gasteiger partial charge is 0.196 e. The minimum Gasteiger partial charge on any atom is -0.270 e. The van der Waals surface area contributed by atoms with Gasteiger partial charge in [-0.2, -0.15) is 0 Å². The van der Waals surface area contributed by atoms with E-state index in [4.69, 9.17) is 0 Å². The molecular formula is C23H22N4S. The lowest BCUT2D eigenvalue weighted by atomic mass is 10.1. The van der Waals surface area contributed by atoms with Crippen molar-refractivity contribution in [1.82, 2.24) is 19.7 Å². The van der Waals surface area contributed by atoms with Crippen molar-refractivity contribution >= 4 is 11.8 Å². The van der Waals surface area contributed by atoms with E-state index in [-0.39, 0.29) is 0 Å². The number of rotatable bonds is 6. The third-order valence-electron chi connectivity index (χ3n) is 4.63. The highest BCUT2D eigenvalue weighted by Crippen LogP contribution is 2.29. The molecule has 140 valence electrons. The number of aromatic nitrogens is 4. The molecule has 2 aromatic heterocycles. The Kier molecular flexibility index (Phi) is 5.53. The molecule has 0 saturated heterocycles. The van der Waals surface area contributed by atoms with Crippen LogP contribution in [-0.2, 0) is 12.2 Å². The molecule has 0 radical (unpaired) electrons. The number of pyridine rings is 1. The maximum atomic E-state index is 4.50. The summed E-state index contributed by atoms with van der Waals surface area (Å²) in [6.07, 6.45) is 4.59. The molecule has 4 rings (SSSR count). The first-order valence-electron chi connectivity index (χ1n) is 9.38. The summed E-state index contributed by atoms with van der Waals surface area (Å²) in [5, 5.41) is 9.89. The molecule has 2 aromatic carbocycles. The summed E-state index contributed by atoms with van der Waals surface area (Å²) in [6.45, 7) is 4.28. The van der Waals surface area contributed by atoms with Crippen LogP contribution in [-0.4, -0.2) is 19.7 Å². The predicted molar refractivity (Wildman–Crippen MR) is 115 cm³/mol. The largest absolute Gasteiger partial charge is 0.270 e. The van der Waals surface area contributed by atoms with E-state index < -0.39 is 0 Å². The van der Waals surface area contributed by atoms with Gasteiger partial charge in [0.25, 0.3) is 0 Å². The Hall–Kier alpha value is -2.92. The van der Waals surface area contributed by atoms with Gasteiger partial charge < -0.3 is 0 Å². The van der Waals surface area contributed by atoms with E-state index >= 15 is 0 Å². The van der Waals surface area contributed by atoms with E-state index in [1.54, 1.807) is 24.2 Å². The molecule has 0 spiro atoms. The highest BCUT2D eigenvalue weighted by atomic mass is 32.2. The Morgan fingerprint density at radius 2 is 1.68 bits per heavy atom. The van der Waals surface area contributed by atoms with Crippen LogP contribution in [0.3, 0.4) is 0 Å². The molecule has 4 aromatic rings. The average Bonchev–Trinajstić information content (AvgIpc) is 3.17. The normalized spacial score (nSPS) is 10.9. The molecule has 0 atom stereocenters. The van der Waals surface area contributed by atoms with Gasteiger partial charge in [-0.05, 0) is 48.7 Å². The minimum atomic E-state index is 0.832. The summed E-state index contributed by atoms with van der Waals surface area (Å²) in [6, 6.07) is 21.1. The molecule has 28 heavy (non-hydrogen) atoms. The molecular weight excluding hydrogens is 364 g/mol. The molecule has 0 fully saturated rings. The van der Waals surface area contributed by atoms with Gasteiger partial charge in [0, 0.05) is 29.4 Å². The second-order valence-electron chi connectivity index (χ2n) is 6.68. The first-order chi connectivity index (χ1) is 13.7. The second-order valence-corrected chi connectivity index (χ2v) is 7.62. The molecule has 0 amide bonds. The number of aryl methyl sites for hydroxylation is 2. The minimum absolute atomic E-state index is 0.832. The van der Waals surface area contributed by atoms with Gasteiger partial charge >= 0.3 is 0 Å². The van der Waals surface area contributed by atoms with Crippen LogP contribution in [0.4, 0.5) is 0 Å². The Morgan fingerprint density at radius 1 is 0.893 bits per heavy atom. The molecule has 5 heteroatoms. The van der Waals surface area contributed by atoms with Gasteiger partial charge in [-0.25, -0.2) is 0 Å². The van der Waals surface area contributed by atoms with Crippen molar-refractivity contribution in [3.63, 3.8) is 0 Å². The zero-order valence-corrected chi connectivity index (χ0v) is 16.9. The Labute approximate surface area is 169 Å².